The van der Waals surface area contributed by atoms with Gasteiger partial charge in [0, 0.05) is 6.04 Å². The molecule has 0 saturated carbocycles. The fourth-order valence-electron chi connectivity index (χ4n) is 2.52. The van der Waals surface area contributed by atoms with E-state index < -0.39 is 0 Å². The highest BCUT2D eigenvalue weighted by molar-refractivity contribution is 5.37. The van der Waals surface area contributed by atoms with Crippen LogP contribution in [0.15, 0.2) is 42.5 Å². The van der Waals surface area contributed by atoms with Crippen molar-refractivity contribution in [2.45, 2.75) is 26.3 Å². The van der Waals surface area contributed by atoms with Crippen LogP contribution in [0.4, 0.5) is 0 Å². The number of rotatable bonds is 5. The molecule has 20 heavy (non-hydrogen) atoms. The van der Waals surface area contributed by atoms with Gasteiger partial charge in [-0.3, -0.25) is 0 Å². The van der Waals surface area contributed by atoms with Crippen molar-refractivity contribution >= 4 is 0 Å². The molecule has 1 N–H and O–H groups in total. The number of benzene rings is 2. The Hall–Kier alpha value is -1.80. The van der Waals surface area contributed by atoms with E-state index in [0.717, 1.165) is 12.2 Å². The molecule has 0 fully saturated rings. The lowest BCUT2D eigenvalue weighted by Crippen LogP contribution is -2.20. The summed E-state index contributed by atoms with van der Waals surface area (Å²) in [5.41, 5.74) is 5.41. The topological polar surface area (TPSA) is 21.3 Å². The molecule has 2 heteroatoms. The largest absolute Gasteiger partial charge is 0.497 e. The first kappa shape index (κ1) is 14.6. The summed E-state index contributed by atoms with van der Waals surface area (Å²) < 4.78 is 5.20. The summed E-state index contributed by atoms with van der Waals surface area (Å²) in [6.07, 6.45) is 0.977. The van der Waals surface area contributed by atoms with E-state index in [1.807, 2.05) is 19.2 Å². The van der Waals surface area contributed by atoms with Gasteiger partial charge in [-0.25, -0.2) is 0 Å². The van der Waals surface area contributed by atoms with Crippen LogP contribution in [-0.4, -0.2) is 14.2 Å². The molecule has 2 aromatic rings. The zero-order chi connectivity index (χ0) is 14.5. The van der Waals surface area contributed by atoms with Crippen LogP contribution in [-0.2, 0) is 6.42 Å². The molecule has 2 rings (SSSR count). The van der Waals surface area contributed by atoms with Crippen LogP contribution < -0.4 is 10.1 Å². The molecule has 0 aliphatic heterocycles. The molecule has 1 unspecified atom stereocenters. The molecule has 0 aliphatic carbocycles. The highest BCUT2D eigenvalue weighted by Crippen LogP contribution is 2.24. The van der Waals surface area contributed by atoms with Crippen LogP contribution in [0.5, 0.6) is 5.75 Å². The second-order valence-electron chi connectivity index (χ2n) is 5.18. The predicted molar refractivity (Wildman–Crippen MR) is 84.4 cm³/mol. The molecule has 0 amide bonds. The maximum atomic E-state index is 5.20. The average Bonchev–Trinajstić information content (AvgIpc) is 2.48. The van der Waals surface area contributed by atoms with Gasteiger partial charge in [0.25, 0.3) is 0 Å². The minimum absolute atomic E-state index is 0.336. The number of hydrogen-bond acceptors (Lipinski definition) is 2. The summed E-state index contributed by atoms with van der Waals surface area (Å²) in [7, 11) is 3.72. The Morgan fingerprint density at radius 2 is 1.75 bits per heavy atom. The standard InChI is InChI=1S/C18H23NO/c1-13-6-5-7-17(14(13)2)18(19-3)12-15-8-10-16(20-4)11-9-15/h5-11,18-19H,12H2,1-4H3. The van der Waals surface area contributed by atoms with Crippen LogP contribution in [0, 0.1) is 13.8 Å². The lowest BCUT2D eigenvalue weighted by atomic mass is 9.93. The Balaban J connectivity index is 2.21. The fourth-order valence-corrected chi connectivity index (χ4v) is 2.52. The minimum Gasteiger partial charge on any atom is -0.497 e. The molecule has 106 valence electrons. The summed E-state index contributed by atoms with van der Waals surface area (Å²) in [6.45, 7) is 4.36. The van der Waals surface area contributed by atoms with Gasteiger partial charge in [-0.1, -0.05) is 30.3 Å². The first-order valence-corrected chi connectivity index (χ1v) is 7.02. The van der Waals surface area contributed by atoms with Gasteiger partial charge < -0.3 is 10.1 Å². The van der Waals surface area contributed by atoms with Gasteiger partial charge >= 0.3 is 0 Å². The first-order chi connectivity index (χ1) is 9.65. The van der Waals surface area contributed by atoms with E-state index in [2.05, 4.69) is 49.5 Å². The second kappa shape index (κ2) is 6.58. The molecular formula is C18H23NO. The van der Waals surface area contributed by atoms with E-state index in [1.165, 1.54) is 22.3 Å². The van der Waals surface area contributed by atoms with Gasteiger partial charge in [0.05, 0.1) is 7.11 Å². The predicted octanol–water partition coefficient (Wildman–Crippen LogP) is 3.82. The molecule has 1 atom stereocenters. The van der Waals surface area contributed by atoms with Crippen LogP contribution in [0.2, 0.25) is 0 Å². The summed E-state index contributed by atoms with van der Waals surface area (Å²) in [5.74, 6) is 0.904. The number of aryl methyl sites for hydroxylation is 1. The number of hydrogen-bond donors (Lipinski definition) is 1. The Labute approximate surface area is 121 Å². The molecule has 0 aliphatic rings. The zero-order valence-electron chi connectivity index (χ0n) is 12.7. The second-order valence-corrected chi connectivity index (χ2v) is 5.18. The summed E-state index contributed by atoms with van der Waals surface area (Å²) in [5, 5.41) is 3.43. The maximum Gasteiger partial charge on any atom is 0.118 e. The molecule has 0 spiro atoms. The molecule has 2 nitrogen and oxygen atoms in total. The SMILES string of the molecule is CNC(Cc1ccc(OC)cc1)c1cccc(C)c1C. The maximum absolute atomic E-state index is 5.20. The summed E-state index contributed by atoms with van der Waals surface area (Å²) in [4.78, 5) is 0. The van der Waals surface area contributed by atoms with Gasteiger partial charge in [-0.2, -0.15) is 0 Å². The molecular weight excluding hydrogens is 246 g/mol. The Bertz CT molecular complexity index is 560. The molecule has 0 bridgehead atoms. The Morgan fingerprint density at radius 3 is 2.35 bits per heavy atom. The Kier molecular flexibility index (Phi) is 4.80. The van der Waals surface area contributed by atoms with Crippen LogP contribution in [0.3, 0.4) is 0 Å². The Morgan fingerprint density at radius 1 is 1.05 bits per heavy atom. The molecule has 2 aromatic carbocycles. The minimum atomic E-state index is 0.336. The van der Waals surface area contributed by atoms with E-state index in [0.29, 0.717) is 6.04 Å². The van der Waals surface area contributed by atoms with Gasteiger partial charge in [0.2, 0.25) is 0 Å². The van der Waals surface area contributed by atoms with E-state index in [1.54, 1.807) is 7.11 Å². The van der Waals surface area contributed by atoms with Crippen molar-refractivity contribution in [2.75, 3.05) is 14.2 Å². The quantitative estimate of drug-likeness (QED) is 0.891. The van der Waals surface area contributed by atoms with E-state index in [9.17, 15) is 0 Å². The van der Waals surface area contributed by atoms with E-state index >= 15 is 0 Å². The molecule has 0 aromatic heterocycles. The van der Waals surface area contributed by atoms with Crippen molar-refractivity contribution in [1.29, 1.82) is 0 Å². The fraction of sp³-hybridized carbons (Fsp3) is 0.333. The zero-order valence-corrected chi connectivity index (χ0v) is 12.7. The van der Waals surface area contributed by atoms with Crippen molar-refractivity contribution < 1.29 is 4.74 Å². The lowest BCUT2D eigenvalue weighted by Gasteiger charge is -2.20. The van der Waals surface area contributed by atoms with Crippen molar-refractivity contribution in [3.63, 3.8) is 0 Å². The van der Waals surface area contributed by atoms with E-state index in [4.69, 9.17) is 4.74 Å². The highest BCUT2D eigenvalue weighted by Gasteiger charge is 2.13. The van der Waals surface area contributed by atoms with Gasteiger partial charge in [0.15, 0.2) is 0 Å². The van der Waals surface area contributed by atoms with Gasteiger partial charge in [0.1, 0.15) is 5.75 Å². The van der Waals surface area contributed by atoms with E-state index in [-0.39, 0.29) is 0 Å². The van der Waals surface area contributed by atoms with Crippen LogP contribution >= 0.6 is 0 Å². The van der Waals surface area contributed by atoms with Crippen molar-refractivity contribution in [1.82, 2.24) is 5.32 Å². The summed E-state index contributed by atoms with van der Waals surface area (Å²) >= 11 is 0. The summed E-state index contributed by atoms with van der Waals surface area (Å²) in [6, 6.07) is 15.2. The monoisotopic (exact) mass is 269 g/mol. The number of likely N-dealkylation sites (N-methyl/N-ethyl adjacent to an activating group) is 1. The third-order valence-corrected chi connectivity index (χ3v) is 3.97. The molecule has 0 radical (unpaired) electrons. The first-order valence-electron chi connectivity index (χ1n) is 7.02. The van der Waals surface area contributed by atoms with Crippen LogP contribution in [0.1, 0.15) is 28.3 Å². The van der Waals surface area contributed by atoms with Crippen molar-refractivity contribution in [3.05, 3.63) is 64.7 Å². The smallest absolute Gasteiger partial charge is 0.118 e. The van der Waals surface area contributed by atoms with Gasteiger partial charge in [-0.15, -0.1) is 0 Å². The normalized spacial score (nSPS) is 12.2. The van der Waals surface area contributed by atoms with Gasteiger partial charge in [-0.05, 0) is 61.7 Å². The highest BCUT2D eigenvalue weighted by atomic mass is 16.5. The third kappa shape index (κ3) is 3.20. The molecule has 0 heterocycles. The lowest BCUT2D eigenvalue weighted by molar-refractivity contribution is 0.414. The van der Waals surface area contributed by atoms with Crippen LogP contribution in [0.25, 0.3) is 0 Å². The number of methoxy groups -OCH3 is 1. The van der Waals surface area contributed by atoms with Crippen molar-refractivity contribution in [3.8, 4) is 5.75 Å². The molecule has 0 saturated heterocycles. The van der Waals surface area contributed by atoms with Crippen molar-refractivity contribution in [2.24, 2.45) is 0 Å². The average molecular weight is 269 g/mol. The number of ether oxygens (including phenoxy) is 1. The third-order valence-electron chi connectivity index (χ3n) is 3.97. The number of nitrogens with one attached hydrogen (secondary N) is 1.